The van der Waals surface area contributed by atoms with Gasteiger partial charge in [-0.25, -0.2) is 4.68 Å². The van der Waals surface area contributed by atoms with E-state index >= 15 is 0 Å². The number of carbonyl (C=O) groups excluding carboxylic acids is 2. The third kappa shape index (κ3) is 3.39. The van der Waals surface area contributed by atoms with E-state index in [-0.39, 0.29) is 18.4 Å². The van der Waals surface area contributed by atoms with Crippen molar-refractivity contribution in [2.24, 2.45) is 0 Å². The van der Waals surface area contributed by atoms with Crippen molar-refractivity contribution >= 4 is 28.5 Å². The van der Waals surface area contributed by atoms with Gasteiger partial charge in [0.2, 0.25) is 0 Å². The van der Waals surface area contributed by atoms with E-state index in [2.05, 4.69) is 26.9 Å². The summed E-state index contributed by atoms with van der Waals surface area (Å²) in [7, 11) is 0. The Bertz CT molecular complexity index is 1020. The molecule has 0 spiro atoms. The maximum Gasteiger partial charge on any atom is 0.255 e. The summed E-state index contributed by atoms with van der Waals surface area (Å²) < 4.78 is 1.75. The van der Waals surface area contributed by atoms with Gasteiger partial charge in [-0.2, -0.15) is 0 Å². The number of benzene rings is 2. The van der Waals surface area contributed by atoms with E-state index in [1.807, 2.05) is 6.92 Å². The van der Waals surface area contributed by atoms with Gasteiger partial charge in [0.15, 0.2) is 0 Å². The van der Waals surface area contributed by atoms with Gasteiger partial charge in [0.05, 0.1) is 23.3 Å². The summed E-state index contributed by atoms with van der Waals surface area (Å²) >= 11 is 0. The lowest BCUT2D eigenvalue weighted by molar-refractivity contribution is 0.0959. The summed E-state index contributed by atoms with van der Waals surface area (Å²) in [5.41, 5.74) is 2.68. The van der Waals surface area contributed by atoms with Crippen molar-refractivity contribution in [3.63, 3.8) is 0 Å². The van der Waals surface area contributed by atoms with Gasteiger partial charge in [-0.3, -0.25) is 9.59 Å². The first-order valence-electron chi connectivity index (χ1n) is 8.09. The fourth-order valence-electron chi connectivity index (χ4n) is 2.56. The molecule has 2 amide bonds. The highest BCUT2D eigenvalue weighted by molar-refractivity contribution is 6.09. The van der Waals surface area contributed by atoms with E-state index in [0.717, 1.165) is 5.52 Å². The molecule has 130 valence electrons. The minimum absolute atomic E-state index is 0.116. The van der Waals surface area contributed by atoms with Gasteiger partial charge in [0.25, 0.3) is 11.8 Å². The normalized spacial score (nSPS) is 10.3. The van der Waals surface area contributed by atoms with Gasteiger partial charge < -0.3 is 10.6 Å². The first-order chi connectivity index (χ1) is 12.6. The Labute approximate surface area is 150 Å². The molecule has 7 nitrogen and oxygen atoms in total. The number of nitrogens with one attached hydrogen (secondary N) is 2. The first-order valence-corrected chi connectivity index (χ1v) is 8.09. The lowest BCUT2D eigenvalue weighted by atomic mass is 10.1. The topological polar surface area (TPSA) is 88.9 Å². The van der Waals surface area contributed by atoms with Gasteiger partial charge in [0.1, 0.15) is 5.52 Å². The minimum atomic E-state index is -0.347. The number of carbonyl (C=O) groups is 2. The molecule has 2 N–H and O–H groups in total. The Balaban J connectivity index is 1.84. The monoisotopic (exact) mass is 347 g/mol. The molecule has 0 aliphatic carbocycles. The van der Waals surface area contributed by atoms with Gasteiger partial charge in [0, 0.05) is 12.1 Å². The van der Waals surface area contributed by atoms with Crippen molar-refractivity contribution in [1.82, 2.24) is 20.3 Å². The smallest absolute Gasteiger partial charge is 0.255 e. The second kappa shape index (κ2) is 7.49. The predicted octanol–water partition coefficient (Wildman–Crippen LogP) is 2.07. The van der Waals surface area contributed by atoms with E-state index in [0.29, 0.717) is 28.9 Å². The number of terminal acetylenes is 1. The lowest BCUT2D eigenvalue weighted by Gasteiger charge is -2.10. The Hall–Kier alpha value is -3.66. The molecule has 0 saturated carbocycles. The molecule has 0 bridgehead atoms. The molecule has 3 aromatic rings. The summed E-state index contributed by atoms with van der Waals surface area (Å²) in [5.74, 6) is 1.66. The molecule has 7 heteroatoms. The molecule has 0 saturated heterocycles. The van der Waals surface area contributed by atoms with E-state index in [1.54, 1.807) is 47.1 Å². The van der Waals surface area contributed by atoms with Gasteiger partial charge in [-0.05, 0) is 37.3 Å². The summed E-state index contributed by atoms with van der Waals surface area (Å²) in [6, 6.07) is 11.9. The minimum Gasteiger partial charge on any atom is -0.341 e. The summed E-state index contributed by atoms with van der Waals surface area (Å²) in [5, 5.41) is 13.5. The van der Waals surface area contributed by atoms with Crippen LogP contribution < -0.4 is 10.6 Å². The molecule has 26 heavy (non-hydrogen) atoms. The zero-order valence-electron chi connectivity index (χ0n) is 14.2. The summed E-state index contributed by atoms with van der Waals surface area (Å²) in [4.78, 5) is 24.8. The number of hydrogen-bond donors (Lipinski definition) is 2. The standard InChI is InChI=1S/C19H17N5O2/c1-3-11-20-19(26)14-7-5-6-8-15(14)21-18(25)13-9-10-17-16(12-13)22-23-24(17)4-2/h1,5-10,12H,4,11H2,2H3,(H,20,26)(H,21,25). The number of hydrogen-bond acceptors (Lipinski definition) is 4. The number of anilines is 1. The molecule has 0 aliphatic heterocycles. The van der Waals surface area contributed by atoms with Crippen LogP contribution in [0.3, 0.4) is 0 Å². The average Bonchev–Trinajstić information content (AvgIpc) is 3.08. The zero-order valence-corrected chi connectivity index (χ0v) is 14.2. The molecule has 0 fully saturated rings. The molecular weight excluding hydrogens is 330 g/mol. The lowest BCUT2D eigenvalue weighted by Crippen LogP contribution is -2.25. The Kier molecular flexibility index (Phi) is 4.94. The summed E-state index contributed by atoms with van der Waals surface area (Å²) in [6.45, 7) is 2.78. The fraction of sp³-hybridized carbons (Fsp3) is 0.158. The molecule has 0 unspecified atom stereocenters. The molecule has 3 rings (SSSR count). The molecule has 1 aromatic heterocycles. The van der Waals surface area contributed by atoms with Crippen LogP contribution in [-0.4, -0.2) is 33.4 Å². The van der Waals surface area contributed by atoms with Crippen LogP contribution in [0.4, 0.5) is 5.69 Å². The quantitative estimate of drug-likeness (QED) is 0.692. The van der Waals surface area contributed by atoms with Crippen molar-refractivity contribution in [2.45, 2.75) is 13.5 Å². The van der Waals surface area contributed by atoms with Crippen LogP contribution in [0.1, 0.15) is 27.6 Å². The van der Waals surface area contributed by atoms with Crippen LogP contribution in [0.15, 0.2) is 42.5 Å². The Morgan fingerprint density at radius 1 is 1.19 bits per heavy atom. The van der Waals surface area contributed by atoms with Crippen LogP contribution in [0, 0.1) is 12.3 Å². The number of nitrogens with zero attached hydrogens (tertiary/aromatic N) is 3. The maximum absolute atomic E-state index is 12.6. The van der Waals surface area contributed by atoms with E-state index in [1.165, 1.54) is 0 Å². The van der Waals surface area contributed by atoms with Crippen LogP contribution in [0.2, 0.25) is 0 Å². The maximum atomic E-state index is 12.6. The highest BCUT2D eigenvalue weighted by atomic mass is 16.2. The van der Waals surface area contributed by atoms with E-state index in [9.17, 15) is 9.59 Å². The molecule has 0 aliphatic rings. The van der Waals surface area contributed by atoms with Crippen LogP contribution in [0.25, 0.3) is 11.0 Å². The molecule has 2 aromatic carbocycles. The number of amides is 2. The zero-order chi connectivity index (χ0) is 18.5. The number of para-hydroxylation sites is 1. The van der Waals surface area contributed by atoms with Crippen LogP contribution >= 0.6 is 0 Å². The van der Waals surface area contributed by atoms with Gasteiger partial charge in [-0.15, -0.1) is 11.5 Å². The molecule has 0 atom stereocenters. The first kappa shape index (κ1) is 17.2. The van der Waals surface area contributed by atoms with E-state index < -0.39 is 0 Å². The van der Waals surface area contributed by atoms with Crippen LogP contribution in [-0.2, 0) is 6.54 Å². The van der Waals surface area contributed by atoms with Crippen LogP contribution in [0.5, 0.6) is 0 Å². The van der Waals surface area contributed by atoms with Gasteiger partial charge >= 0.3 is 0 Å². The highest BCUT2D eigenvalue weighted by Crippen LogP contribution is 2.18. The number of aryl methyl sites for hydroxylation is 1. The Morgan fingerprint density at radius 3 is 2.77 bits per heavy atom. The number of aromatic nitrogens is 3. The summed E-state index contributed by atoms with van der Waals surface area (Å²) in [6.07, 6.45) is 5.16. The predicted molar refractivity (Wildman–Crippen MR) is 98.8 cm³/mol. The molecule has 1 heterocycles. The average molecular weight is 347 g/mol. The highest BCUT2D eigenvalue weighted by Gasteiger charge is 2.15. The molecular formula is C19H17N5O2. The third-order valence-corrected chi connectivity index (χ3v) is 3.85. The fourth-order valence-corrected chi connectivity index (χ4v) is 2.56. The largest absolute Gasteiger partial charge is 0.341 e. The van der Waals surface area contributed by atoms with Crippen molar-refractivity contribution in [3.05, 3.63) is 53.6 Å². The van der Waals surface area contributed by atoms with Crippen molar-refractivity contribution in [3.8, 4) is 12.3 Å². The molecule has 0 radical (unpaired) electrons. The second-order valence-corrected chi connectivity index (χ2v) is 5.50. The second-order valence-electron chi connectivity index (χ2n) is 5.50. The third-order valence-electron chi connectivity index (χ3n) is 3.85. The number of fused-ring (bicyclic) bond motifs is 1. The number of rotatable bonds is 5. The van der Waals surface area contributed by atoms with Crippen molar-refractivity contribution in [2.75, 3.05) is 11.9 Å². The van der Waals surface area contributed by atoms with Crippen molar-refractivity contribution in [1.29, 1.82) is 0 Å². The Morgan fingerprint density at radius 2 is 2.00 bits per heavy atom. The van der Waals surface area contributed by atoms with Crippen molar-refractivity contribution < 1.29 is 9.59 Å². The van der Waals surface area contributed by atoms with E-state index in [4.69, 9.17) is 6.42 Å². The SMILES string of the molecule is C#CCNC(=O)c1ccccc1NC(=O)c1ccc2c(c1)nnn2CC. The van der Waals surface area contributed by atoms with Gasteiger partial charge in [-0.1, -0.05) is 23.3 Å².